The van der Waals surface area contributed by atoms with Gasteiger partial charge >= 0.3 is 5.97 Å². The third-order valence-corrected chi connectivity index (χ3v) is 2.69. The van der Waals surface area contributed by atoms with E-state index in [1.165, 1.54) is 6.07 Å². The maximum atomic E-state index is 13.5. The summed E-state index contributed by atoms with van der Waals surface area (Å²) in [6, 6.07) is 5.47. The summed E-state index contributed by atoms with van der Waals surface area (Å²) in [6.45, 7) is 1.89. The minimum atomic E-state index is -1.05. The molecular formula is C12H16FNO2. The van der Waals surface area contributed by atoms with Crippen molar-refractivity contribution in [1.29, 1.82) is 0 Å². The van der Waals surface area contributed by atoms with Crippen LogP contribution in [-0.2, 0) is 4.79 Å². The molecule has 3 nitrogen and oxygen atoms in total. The van der Waals surface area contributed by atoms with Crippen molar-refractivity contribution in [1.82, 2.24) is 0 Å². The Balaban J connectivity index is 2.83. The van der Waals surface area contributed by atoms with Gasteiger partial charge < -0.3 is 10.8 Å². The fourth-order valence-electron chi connectivity index (χ4n) is 1.73. The largest absolute Gasteiger partial charge is 0.480 e. The first-order valence-electron chi connectivity index (χ1n) is 5.29. The molecule has 0 aliphatic carbocycles. The van der Waals surface area contributed by atoms with Crippen molar-refractivity contribution in [2.24, 2.45) is 5.73 Å². The molecule has 2 atom stereocenters. The quantitative estimate of drug-likeness (QED) is 0.806. The highest BCUT2D eigenvalue weighted by molar-refractivity contribution is 5.73. The number of aliphatic carboxylic acids is 1. The van der Waals surface area contributed by atoms with Crippen LogP contribution in [0, 0.1) is 5.82 Å². The average Bonchev–Trinajstić information content (AvgIpc) is 2.26. The van der Waals surface area contributed by atoms with Crippen molar-refractivity contribution >= 4 is 5.97 Å². The third-order valence-electron chi connectivity index (χ3n) is 2.69. The summed E-state index contributed by atoms with van der Waals surface area (Å²) in [6.07, 6.45) is 0.925. The van der Waals surface area contributed by atoms with Crippen LogP contribution in [0.3, 0.4) is 0 Å². The Morgan fingerprint density at radius 2 is 2.12 bits per heavy atom. The van der Waals surface area contributed by atoms with E-state index < -0.39 is 12.0 Å². The molecule has 4 heteroatoms. The molecule has 2 unspecified atom stereocenters. The first-order chi connectivity index (χ1) is 7.56. The number of nitrogens with two attached hydrogens (primary N) is 1. The zero-order valence-electron chi connectivity index (χ0n) is 9.19. The topological polar surface area (TPSA) is 63.3 Å². The highest BCUT2D eigenvalue weighted by Gasteiger charge is 2.20. The third kappa shape index (κ3) is 3.03. The molecule has 0 aliphatic heterocycles. The lowest BCUT2D eigenvalue weighted by molar-refractivity contribution is -0.138. The van der Waals surface area contributed by atoms with E-state index in [1.807, 2.05) is 6.92 Å². The maximum absolute atomic E-state index is 13.5. The minimum Gasteiger partial charge on any atom is -0.480 e. The predicted molar refractivity (Wildman–Crippen MR) is 59.7 cm³/mol. The fourth-order valence-corrected chi connectivity index (χ4v) is 1.73. The molecule has 0 saturated carbocycles. The Bertz CT molecular complexity index is 368. The Kier molecular flexibility index (Phi) is 4.43. The molecule has 0 aromatic heterocycles. The molecule has 1 rings (SSSR count). The number of rotatable bonds is 5. The van der Waals surface area contributed by atoms with Crippen LogP contribution >= 0.6 is 0 Å². The Hall–Kier alpha value is -1.42. The summed E-state index contributed by atoms with van der Waals surface area (Å²) in [5.74, 6) is -1.49. The molecule has 0 heterocycles. The zero-order chi connectivity index (χ0) is 12.1. The second-order valence-corrected chi connectivity index (χ2v) is 3.81. The van der Waals surface area contributed by atoms with Crippen LogP contribution in [0.5, 0.6) is 0 Å². The first kappa shape index (κ1) is 12.6. The molecule has 16 heavy (non-hydrogen) atoms. The molecule has 3 N–H and O–H groups in total. The molecule has 0 amide bonds. The zero-order valence-corrected chi connectivity index (χ0v) is 9.19. The van der Waals surface area contributed by atoms with E-state index in [9.17, 15) is 9.18 Å². The molecule has 0 bridgehead atoms. The highest BCUT2D eigenvalue weighted by atomic mass is 19.1. The van der Waals surface area contributed by atoms with Crippen LogP contribution in [0.1, 0.15) is 31.2 Å². The van der Waals surface area contributed by atoms with Crippen molar-refractivity contribution in [3.63, 3.8) is 0 Å². The van der Waals surface area contributed by atoms with Gasteiger partial charge in [-0.05, 0) is 30.4 Å². The van der Waals surface area contributed by atoms with Crippen LogP contribution in [0.15, 0.2) is 24.3 Å². The van der Waals surface area contributed by atoms with Crippen molar-refractivity contribution in [2.45, 2.75) is 31.7 Å². The minimum absolute atomic E-state index is 0.146. The summed E-state index contributed by atoms with van der Waals surface area (Å²) < 4.78 is 13.5. The van der Waals surface area contributed by atoms with E-state index in [0.29, 0.717) is 12.0 Å². The fraction of sp³-hybridized carbons (Fsp3) is 0.417. The van der Waals surface area contributed by atoms with Gasteiger partial charge in [-0.2, -0.15) is 0 Å². The van der Waals surface area contributed by atoms with Gasteiger partial charge in [-0.1, -0.05) is 25.1 Å². The summed E-state index contributed by atoms with van der Waals surface area (Å²) in [5, 5.41) is 8.72. The number of carbonyl (C=O) groups is 1. The van der Waals surface area contributed by atoms with Gasteiger partial charge in [0.2, 0.25) is 0 Å². The second kappa shape index (κ2) is 5.61. The van der Waals surface area contributed by atoms with Crippen molar-refractivity contribution in [2.75, 3.05) is 0 Å². The molecule has 0 fully saturated rings. The summed E-state index contributed by atoms with van der Waals surface area (Å²) >= 11 is 0. The van der Waals surface area contributed by atoms with Gasteiger partial charge in [-0.3, -0.25) is 4.79 Å². The van der Waals surface area contributed by atoms with E-state index in [4.69, 9.17) is 10.8 Å². The van der Waals surface area contributed by atoms with E-state index >= 15 is 0 Å². The van der Waals surface area contributed by atoms with Gasteiger partial charge in [0.1, 0.15) is 11.9 Å². The van der Waals surface area contributed by atoms with E-state index in [0.717, 1.165) is 0 Å². The molecule has 0 saturated heterocycles. The maximum Gasteiger partial charge on any atom is 0.320 e. The van der Waals surface area contributed by atoms with Crippen LogP contribution in [0.4, 0.5) is 4.39 Å². The lowest BCUT2D eigenvalue weighted by atomic mass is 9.90. The van der Waals surface area contributed by atoms with Gasteiger partial charge in [-0.15, -0.1) is 0 Å². The SMILES string of the molecule is CCC(CC(N)C(=O)O)c1ccccc1F. The van der Waals surface area contributed by atoms with Crippen molar-refractivity contribution < 1.29 is 14.3 Å². The molecular weight excluding hydrogens is 209 g/mol. The number of carboxylic acid groups (broad SMARTS) is 1. The van der Waals surface area contributed by atoms with Crippen LogP contribution in [-0.4, -0.2) is 17.1 Å². The van der Waals surface area contributed by atoms with E-state index in [-0.39, 0.29) is 18.2 Å². The Morgan fingerprint density at radius 1 is 1.50 bits per heavy atom. The van der Waals surface area contributed by atoms with Crippen LogP contribution in [0.25, 0.3) is 0 Å². The number of hydrogen-bond donors (Lipinski definition) is 2. The highest BCUT2D eigenvalue weighted by Crippen LogP contribution is 2.26. The van der Waals surface area contributed by atoms with Gasteiger partial charge in [0.25, 0.3) is 0 Å². The number of benzene rings is 1. The molecule has 88 valence electrons. The van der Waals surface area contributed by atoms with Gasteiger partial charge in [0.05, 0.1) is 0 Å². The van der Waals surface area contributed by atoms with Gasteiger partial charge in [-0.25, -0.2) is 4.39 Å². The Labute approximate surface area is 94.1 Å². The standard InChI is InChI=1S/C12H16FNO2/c1-2-8(7-11(14)12(15)16)9-5-3-4-6-10(9)13/h3-6,8,11H,2,7,14H2,1H3,(H,15,16). The first-order valence-corrected chi connectivity index (χ1v) is 5.29. The number of hydrogen-bond acceptors (Lipinski definition) is 2. The number of halogens is 1. The number of carboxylic acids is 1. The Morgan fingerprint density at radius 3 is 2.62 bits per heavy atom. The predicted octanol–water partition coefficient (Wildman–Crippen LogP) is 2.12. The second-order valence-electron chi connectivity index (χ2n) is 3.81. The molecule has 0 radical (unpaired) electrons. The molecule has 1 aromatic carbocycles. The summed E-state index contributed by atoms with van der Waals surface area (Å²) in [5.41, 5.74) is 6.00. The van der Waals surface area contributed by atoms with Crippen molar-refractivity contribution in [3.8, 4) is 0 Å². The monoisotopic (exact) mass is 225 g/mol. The molecule has 1 aromatic rings. The normalized spacial score (nSPS) is 14.4. The van der Waals surface area contributed by atoms with E-state index in [2.05, 4.69) is 0 Å². The van der Waals surface area contributed by atoms with Crippen molar-refractivity contribution in [3.05, 3.63) is 35.6 Å². The summed E-state index contributed by atoms with van der Waals surface area (Å²) in [7, 11) is 0. The van der Waals surface area contributed by atoms with Gasteiger partial charge in [0.15, 0.2) is 0 Å². The molecule has 0 spiro atoms. The average molecular weight is 225 g/mol. The molecule has 0 aliphatic rings. The smallest absolute Gasteiger partial charge is 0.320 e. The van der Waals surface area contributed by atoms with E-state index in [1.54, 1.807) is 18.2 Å². The lowest BCUT2D eigenvalue weighted by Crippen LogP contribution is -2.31. The lowest BCUT2D eigenvalue weighted by Gasteiger charge is -2.18. The summed E-state index contributed by atoms with van der Waals surface area (Å²) in [4.78, 5) is 10.6. The van der Waals surface area contributed by atoms with Gasteiger partial charge in [0, 0.05) is 0 Å². The van der Waals surface area contributed by atoms with Crippen LogP contribution in [0.2, 0.25) is 0 Å². The van der Waals surface area contributed by atoms with Crippen LogP contribution < -0.4 is 5.73 Å².